The molecular weight excluding hydrogens is 454 g/mol. The van der Waals surface area contributed by atoms with Gasteiger partial charge in [-0.2, -0.15) is 0 Å². The molecule has 2 aromatic carbocycles. The summed E-state index contributed by atoms with van der Waals surface area (Å²) in [6.45, 7) is 1.03. The van der Waals surface area contributed by atoms with Crippen LogP contribution in [0.25, 0.3) is 0 Å². The van der Waals surface area contributed by atoms with Crippen molar-refractivity contribution in [2.75, 3.05) is 26.8 Å². The molecule has 1 aliphatic heterocycles. The van der Waals surface area contributed by atoms with Gasteiger partial charge in [-0.25, -0.2) is 0 Å². The van der Waals surface area contributed by atoms with Crippen molar-refractivity contribution in [3.05, 3.63) is 65.7 Å². The first-order chi connectivity index (χ1) is 16.5. The molecule has 8 nitrogen and oxygen atoms in total. The SMILES string of the molecule is COc1ccc(CC(=O)NC(=S)N2CCNC(=O)C2CC(=O)OCCCc2ccccc2)cc1. The predicted molar refractivity (Wildman–Crippen MR) is 131 cm³/mol. The molecule has 1 unspecified atom stereocenters. The number of hydrogen-bond acceptors (Lipinski definition) is 6. The Morgan fingerprint density at radius 2 is 1.85 bits per heavy atom. The summed E-state index contributed by atoms with van der Waals surface area (Å²) >= 11 is 5.39. The molecule has 180 valence electrons. The number of nitrogens with zero attached hydrogens (tertiary/aromatic N) is 1. The number of rotatable bonds is 9. The Labute approximate surface area is 204 Å². The maximum atomic E-state index is 12.5. The Morgan fingerprint density at radius 1 is 1.12 bits per heavy atom. The molecule has 2 aromatic rings. The number of nitrogens with one attached hydrogen (secondary N) is 2. The molecule has 2 amide bonds. The number of amides is 2. The molecule has 1 saturated heterocycles. The van der Waals surface area contributed by atoms with Crippen molar-refractivity contribution in [1.29, 1.82) is 0 Å². The number of carbonyl (C=O) groups excluding carboxylic acids is 3. The normalized spacial score (nSPS) is 15.3. The number of aryl methyl sites for hydroxylation is 1. The fourth-order valence-electron chi connectivity index (χ4n) is 3.65. The van der Waals surface area contributed by atoms with Crippen LogP contribution >= 0.6 is 12.2 Å². The highest BCUT2D eigenvalue weighted by molar-refractivity contribution is 7.80. The van der Waals surface area contributed by atoms with Crippen LogP contribution in [-0.2, 0) is 32.0 Å². The van der Waals surface area contributed by atoms with E-state index in [0.29, 0.717) is 25.3 Å². The molecule has 0 spiro atoms. The molecule has 2 N–H and O–H groups in total. The number of ether oxygens (including phenoxy) is 2. The van der Waals surface area contributed by atoms with Crippen LogP contribution in [0.2, 0.25) is 0 Å². The van der Waals surface area contributed by atoms with E-state index in [1.807, 2.05) is 30.3 Å². The summed E-state index contributed by atoms with van der Waals surface area (Å²) in [7, 11) is 1.58. The number of carbonyl (C=O) groups is 3. The standard InChI is InChI=1S/C25H29N3O5S/c1-32-20-11-9-19(10-12-20)16-22(29)27-25(34)28-14-13-26-24(31)21(28)17-23(30)33-15-5-8-18-6-3-2-4-7-18/h2-4,6-7,9-12,21H,5,8,13-17H2,1H3,(H,26,31)(H,27,29,34). The number of methoxy groups -OCH3 is 1. The molecule has 0 radical (unpaired) electrons. The zero-order valence-electron chi connectivity index (χ0n) is 19.1. The molecule has 0 aliphatic carbocycles. The predicted octanol–water partition coefficient (Wildman–Crippen LogP) is 2.01. The summed E-state index contributed by atoms with van der Waals surface area (Å²) in [4.78, 5) is 38.9. The highest BCUT2D eigenvalue weighted by Gasteiger charge is 2.34. The van der Waals surface area contributed by atoms with Crippen LogP contribution in [0.5, 0.6) is 5.75 Å². The second-order valence-corrected chi connectivity index (χ2v) is 8.28. The van der Waals surface area contributed by atoms with E-state index in [1.165, 1.54) is 5.56 Å². The van der Waals surface area contributed by atoms with Crippen LogP contribution in [0.4, 0.5) is 0 Å². The van der Waals surface area contributed by atoms with Gasteiger partial charge in [0.15, 0.2) is 5.11 Å². The lowest BCUT2D eigenvalue weighted by atomic mass is 10.1. The van der Waals surface area contributed by atoms with Crippen LogP contribution in [0.1, 0.15) is 24.0 Å². The second-order valence-electron chi connectivity index (χ2n) is 7.89. The number of esters is 1. The summed E-state index contributed by atoms with van der Waals surface area (Å²) in [6, 6.07) is 16.3. The van der Waals surface area contributed by atoms with Crippen molar-refractivity contribution in [1.82, 2.24) is 15.5 Å². The van der Waals surface area contributed by atoms with Crippen LogP contribution in [0.15, 0.2) is 54.6 Å². The van der Waals surface area contributed by atoms with Gasteiger partial charge in [0.1, 0.15) is 11.8 Å². The quantitative estimate of drug-likeness (QED) is 0.320. The van der Waals surface area contributed by atoms with Gasteiger partial charge in [0, 0.05) is 13.1 Å². The molecule has 1 aliphatic rings. The van der Waals surface area contributed by atoms with Gasteiger partial charge in [0.25, 0.3) is 0 Å². The minimum absolute atomic E-state index is 0.121. The third-order valence-electron chi connectivity index (χ3n) is 5.44. The van der Waals surface area contributed by atoms with Gasteiger partial charge in [0.2, 0.25) is 11.8 Å². The summed E-state index contributed by atoms with van der Waals surface area (Å²) < 4.78 is 10.5. The van der Waals surface area contributed by atoms with Gasteiger partial charge < -0.3 is 25.0 Å². The van der Waals surface area contributed by atoms with E-state index in [4.69, 9.17) is 21.7 Å². The van der Waals surface area contributed by atoms with Gasteiger partial charge in [-0.1, -0.05) is 42.5 Å². The molecule has 9 heteroatoms. The summed E-state index contributed by atoms with van der Waals surface area (Å²) in [5.74, 6) is -0.399. The van der Waals surface area contributed by atoms with Gasteiger partial charge in [0.05, 0.1) is 26.6 Å². The van der Waals surface area contributed by atoms with E-state index in [9.17, 15) is 14.4 Å². The molecule has 0 saturated carbocycles. The topological polar surface area (TPSA) is 97.0 Å². The zero-order chi connectivity index (χ0) is 24.3. The average Bonchev–Trinajstić information content (AvgIpc) is 2.84. The summed E-state index contributed by atoms with van der Waals surface area (Å²) in [6.07, 6.45) is 1.47. The van der Waals surface area contributed by atoms with E-state index < -0.39 is 12.0 Å². The summed E-state index contributed by atoms with van der Waals surface area (Å²) in [5.41, 5.74) is 1.97. The van der Waals surface area contributed by atoms with E-state index in [-0.39, 0.29) is 36.4 Å². The van der Waals surface area contributed by atoms with Crippen molar-refractivity contribution in [2.45, 2.75) is 31.7 Å². The first-order valence-electron chi connectivity index (χ1n) is 11.2. The maximum absolute atomic E-state index is 12.5. The van der Waals surface area contributed by atoms with Crippen LogP contribution < -0.4 is 15.4 Å². The average molecular weight is 484 g/mol. The monoisotopic (exact) mass is 483 g/mol. The maximum Gasteiger partial charge on any atom is 0.308 e. The Balaban J connectivity index is 1.48. The fourth-order valence-corrected chi connectivity index (χ4v) is 3.98. The van der Waals surface area contributed by atoms with Crippen molar-refractivity contribution >= 4 is 35.1 Å². The Hall–Kier alpha value is -3.46. The smallest absolute Gasteiger partial charge is 0.308 e. The molecule has 1 fully saturated rings. The molecular formula is C25H29N3O5S. The van der Waals surface area contributed by atoms with Crippen LogP contribution in [0, 0.1) is 0 Å². The first kappa shape index (κ1) is 25.2. The molecule has 1 atom stereocenters. The molecule has 34 heavy (non-hydrogen) atoms. The highest BCUT2D eigenvalue weighted by atomic mass is 32.1. The van der Waals surface area contributed by atoms with E-state index in [0.717, 1.165) is 12.0 Å². The van der Waals surface area contributed by atoms with E-state index in [1.54, 1.807) is 36.3 Å². The fraction of sp³-hybridized carbons (Fsp3) is 0.360. The number of piperazine rings is 1. The lowest BCUT2D eigenvalue weighted by molar-refractivity contribution is -0.147. The lowest BCUT2D eigenvalue weighted by Gasteiger charge is -2.36. The zero-order valence-corrected chi connectivity index (χ0v) is 19.9. The number of thiocarbonyl (C=S) groups is 1. The Morgan fingerprint density at radius 3 is 2.56 bits per heavy atom. The largest absolute Gasteiger partial charge is 0.497 e. The molecule has 0 bridgehead atoms. The van der Waals surface area contributed by atoms with Crippen molar-refractivity contribution in [3.63, 3.8) is 0 Å². The van der Waals surface area contributed by atoms with Gasteiger partial charge in [-0.15, -0.1) is 0 Å². The molecule has 1 heterocycles. The van der Waals surface area contributed by atoms with Gasteiger partial charge >= 0.3 is 5.97 Å². The van der Waals surface area contributed by atoms with E-state index in [2.05, 4.69) is 10.6 Å². The molecule has 0 aromatic heterocycles. The van der Waals surface area contributed by atoms with E-state index >= 15 is 0 Å². The van der Waals surface area contributed by atoms with Gasteiger partial charge in [-0.05, 0) is 48.3 Å². The summed E-state index contributed by atoms with van der Waals surface area (Å²) in [5, 5.41) is 5.54. The van der Waals surface area contributed by atoms with Crippen LogP contribution in [-0.4, -0.2) is 60.6 Å². The first-order valence-corrected chi connectivity index (χ1v) is 11.6. The Kier molecular flexibility index (Phi) is 9.40. The van der Waals surface area contributed by atoms with Crippen LogP contribution in [0.3, 0.4) is 0 Å². The Bertz CT molecular complexity index is 997. The molecule has 3 rings (SSSR count). The minimum atomic E-state index is -0.829. The lowest BCUT2D eigenvalue weighted by Crippen LogP contribution is -2.60. The third kappa shape index (κ3) is 7.55. The number of benzene rings is 2. The third-order valence-corrected chi connectivity index (χ3v) is 5.77. The van der Waals surface area contributed by atoms with Crippen molar-refractivity contribution in [2.24, 2.45) is 0 Å². The second kappa shape index (κ2) is 12.7. The highest BCUT2D eigenvalue weighted by Crippen LogP contribution is 2.13. The number of hydrogen-bond donors (Lipinski definition) is 2. The van der Waals surface area contributed by atoms with Crippen molar-refractivity contribution < 1.29 is 23.9 Å². The minimum Gasteiger partial charge on any atom is -0.497 e. The van der Waals surface area contributed by atoms with Gasteiger partial charge in [-0.3, -0.25) is 14.4 Å². The van der Waals surface area contributed by atoms with Crippen molar-refractivity contribution in [3.8, 4) is 5.75 Å².